The van der Waals surface area contributed by atoms with Gasteiger partial charge in [0.15, 0.2) is 0 Å². The van der Waals surface area contributed by atoms with Crippen LogP contribution in [-0.2, 0) is 4.74 Å². The van der Waals surface area contributed by atoms with E-state index in [-0.39, 0.29) is 12.1 Å². The summed E-state index contributed by atoms with van der Waals surface area (Å²) in [7, 11) is 0. The van der Waals surface area contributed by atoms with Crippen LogP contribution < -0.4 is 16.4 Å². The van der Waals surface area contributed by atoms with E-state index in [1.54, 1.807) is 0 Å². The maximum Gasteiger partial charge on any atom is 0.407 e. The molecule has 0 aromatic carbocycles. The van der Waals surface area contributed by atoms with Gasteiger partial charge in [-0.25, -0.2) is 4.79 Å². The molecule has 0 heterocycles. The predicted octanol–water partition coefficient (Wildman–Crippen LogP) is 1.76. The van der Waals surface area contributed by atoms with Crippen LogP contribution in [0.2, 0.25) is 0 Å². The largest absolute Gasteiger partial charge is 0.444 e. The molecule has 5 nitrogen and oxygen atoms in total. The molecule has 0 aromatic rings. The van der Waals surface area contributed by atoms with E-state index in [1.165, 1.54) is 6.42 Å². The fraction of sp³-hybridized carbons (Fsp3) is 0.929. The molecule has 19 heavy (non-hydrogen) atoms. The molecule has 2 atom stereocenters. The molecule has 1 fully saturated rings. The number of nitrogens with two attached hydrogens (primary N) is 1. The standard InChI is InChI=1S/C14H29N3O2/c1-14(2,3)19-13(18)17-12-7-4-6-11(10-12)16-9-5-8-15/h11-12,16H,4-10,15H2,1-3H3,(H,17,18). The summed E-state index contributed by atoms with van der Waals surface area (Å²) in [5.41, 5.74) is 5.05. The summed E-state index contributed by atoms with van der Waals surface area (Å²) in [6.07, 6.45) is 5.02. The van der Waals surface area contributed by atoms with E-state index in [4.69, 9.17) is 10.5 Å². The summed E-state index contributed by atoms with van der Waals surface area (Å²) >= 11 is 0. The van der Waals surface area contributed by atoms with Crippen LogP contribution in [0.5, 0.6) is 0 Å². The summed E-state index contributed by atoms with van der Waals surface area (Å²) in [6, 6.07) is 0.708. The van der Waals surface area contributed by atoms with Crippen molar-refractivity contribution in [2.75, 3.05) is 13.1 Å². The molecule has 0 bridgehead atoms. The maximum absolute atomic E-state index is 11.7. The molecule has 0 aromatic heterocycles. The van der Waals surface area contributed by atoms with Crippen LogP contribution in [0.25, 0.3) is 0 Å². The van der Waals surface area contributed by atoms with Gasteiger partial charge in [-0.05, 0) is 66.0 Å². The topological polar surface area (TPSA) is 76.4 Å². The number of carbonyl (C=O) groups is 1. The van der Waals surface area contributed by atoms with Crippen LogP contribution in [0.4, 0.5) is 4.79 Å². The van der Waals surface area contributed by atoms with E-state index in [9.17, 15) is 4.79 Å². The lowest BCUT2D eigenvalue weighted by Gasteiger charge is -2.31. The highest BCUT2D eigenvalue weighted by molar-refractivity contribution is 5.68. The number of hydrogen-bond donors (Lipinski definition) is 3. The monoisotopic (exact) mass is 271 g/mol. The van der Waals surface area contributed by atoms with Crippen LogP contribution in [0.3, 0.4) is 0 Å². The second-order valence-corrected chi connectivity index (χ2v) is 6.30. The average molecular weight is 271 g/mol. The Morgan fingerprint density at radius 3 is 2.63 bits per heavy atom. The summed E-state index contributed by atoms with van der Waals surface area (Å²) in [5, 5.41) is 6.47. The van der Waals surface area contributed by atoms with Gasteiger partial charge in [0, 0.05) is 12.1 Å². The summed E-state index contributed by atoms with van der Waals surface area (Å²) < 4.78 is 5.29. The van der Waals surface area contributed by atoms with Gasteiger partial charge in [-0.2, -0.15) is 0 Å². The van der Waals surface area contributed by atoms with E-state index in [0.717, 1.165) is 38.8 Å². The Morgan fingerprint density at radius 1 is 1.32 bits per heavy atom. The van der Waals surface area contributed by atoms with Gasteiger partial charge >= 0.3 is 6.09 Å². The molecule has 4 N–H and O–H groups in total. The van der Waals surface area contributed by atoms with Gasteiger partial charge in [0.1, 0.15) is 5.60 Å². The average Bonchev–Trinajstić information content (AvgIpc) is 2.27. The second kappa shape index (κ2) is 7.70. The fourth-order valence-corrected chi connectivity index (χ4v) is 2.39. The van der Waals surface area contributed by atoms with Crippen molar-refractivity contribution in [1.82, 2.24) is 10.6 Å². The number of nitrogens with one attached hydrogen (secondary N) is 2. The Balaban J connectivity index is 2.28. The van der Waals surface area contributed by atoms with Crippen LogP contribution in [0, 0.1) is 0 Å². The van der Waals surface area contributed by atoms with Crippen LogP contribution in [0.15, 0.2) is 0 Å². The van der Waals surface area contributed by atoms with Crippen LogP contribution >= 0.6 is 0 Å². The Hall–Kier alpha value is -0.810. The van der Waals surface area contributed by atoms with Crippen molar-refractivity contribution < 1.29 is 9.53 Å². The number of rotatable bonds is 5. The lowest BCUT2D eigenvalue weighted by Crippen LogP contribution is -2.45. The van der Waals surface area contributed by atoms with Gasteiger partial charge in [-0.1, -0.05) is 0 Å². The first kappa shape index (κ1) is 16.2. The minimum absolute atomic E-state index is 0.221. The minimum Gasteiger partial charge on any atom is -0.444 e. The summed E-state index contributed by atoms with van der Waals surface area (Å²) in [5.74, 6) is 0. The Labute approximate surface area is 116 Å². The van der Waals surface area contributed by atoms with E-state index in [0.29, 0.717) is 6.04 Å². The van der Waals surface area contributed by atoms with E-state index < -0.39 is 5.60 Å². The van der Waals surface area contributed by atoms with Crippen molar-refractivity contribution in [2.24, 2.45) is 5.73 Å². The number of alkyl carbamates (subject to hydrolysis) is 1. The molecular formula is C14H29N3O2. The number of amides is 1. The Kier molecular flexibility index (Phi) is 6.58. The van der Waals surface area contributed by atoms with Crippen molar-refractivity contribution in [3.63, 3.8) is 0 Å². The zero-order chi connectivity index (χ0) is 14.3. The van der Waals surface area contributed by atoms with Crippen molar-refractivity contribution >= 4 is 6.09 Å². The Morgan fingerprint density at radius 2 is 2.00 bits per heavy atom. The Bertz CT molecular complexity index is 276. The number of ether oxygens (including phenoxy) is 1. The summed E-state index contributed by atoms with van der Waals surface area (Å²) in [4.78, 5) is 11.7. The van der Waals surface area contributed by atoms with Gasteiger partial charge < -0.3 is 21.1 Å². The third-order valence-electron chi connectivity index (χ3n) is 3.21. The molecule has 1 aliphatic carbocycles. The maximum atomic E-state index is 11.7. The molecule has 112 valence electrons. The molecule has 5 heteroatoms. The molecule has 1 rings (SSSR count). The second-order valence-electron chi connectivity index (χ2n) is 6.30. The van der Waals surface area contributed by atoms with Gasteiger partial charge in [-0.3, -0.25) is 0 Å². The van der Waals surface area contributed by atoms with Crippen molar-refractivity contribution in [1.29, 1.82) is 0 Å². The third kappa shape index (κ3) is 7.38. The first-order chi connectivity index (χ1) is 8.90. The van der Waals surface area contributed by atoms with Crippen molar-refractivity contribution in [3.8, 4) is 0 Å². The van der Waals surface area contributed by atoms with Crippen molar-refractivity contribution in [2.45, 2.75) is 70.6 Å². The third-order valence-corrected chi connectivity index (χ3v) is 3.21. The normalized spacial score (nSPS) is 24.0. The van der Waals surface area contributed by atoms with Gasteiger partial charge in [-0.15, -0.1) is 0 Å². The van der Waals surface area contributed by atoms with Gasteiger partial charge in [0.25, 0.3) is 0 Å². The summed E-state index contributed by atoms with van der Waals surface area (Å²) in [6.45, 7) is 7.32. The first-order valence-corrected chi connectivity index (χ1v) is 7.33. The van der Waals surface area contributed by atoms with Gasteiger partial charge in [0.05, 0.1) is 0 Å². The lowest BCUT2D eigenvalue weighted by atomic mass is 9.91. The molecular weight excluding hydrogens is 242 g/mol. The number of carbonyl (C=O) groups excluding carboxylic acids is 1. The van der Waals surface area contributed by atoms with E-state index >= 15 is 0 Å². The highest BCUT2D eigenvalue weighted by Gasteiger charge is 2.24. The fourth-order valence-electron chi connectivity index (χ4n) is 2.39. The van der Waals surface area contributed by atoms with E-state index in [2.05, 4.69) is 10.6 Å². The molecule has 2 unspecified atom stereocenters. The first-order valence-electron chi connectivity index (χ1n) is 7.33. The molecule has 0 aliphatic heterocycles. The van der Waals surface area contributed by atoms with E-state index in [1.807, 2.05) is 20.8 Å². The lowest BCUT2D eigenvalue weighted by molar-refractivity contribution is 0.0489. The zero-order valence-corrected chi connectivity index (χ0v) is 12.5. The minimum atomic E-state index is -0.433. The molecule has 1 amide bonds. The molecule has 1 saturated carbocycles. The highest BCUT2D eigenvalue weighted by Crippen LogP contribution is 2.19. The molecule has 0 spiro atoms. The number of hydrogen-bond acceptors (Lipinski definition) is 4. The van der Waals surface area contributed by atoms with Crippen LogP contribution in [-0.4, -0.2) is 36.9 Å². The predicted molar refractivity (Wildman–Crippen MR) is 77.1 cm³/mol. The smallest absolute Gasteiger partial charge is 0.407 e. The SMILES string of the molecule is CC(C)(C)OC(=O)NC1CCCC(NCCCN)C1. The quantitative estimate of drug-likeness (QED) is 0.666. The zero-order valence-electron chi connectivity index (χ0n) is 12.5. The van der Waals surface area contributed by atoms with Crippen molar-refractivity contribution in [3.05, 3.63) is 0 Å². The molecule has 0 radical (unpaired) electrons. The van der Waals surface area contributed by atoms with Gasteiger partial charge in [0.2, 0.25) is 0 Å². The van der Waals surface area contributed by atoms with Crippen LogP contribution in [0.1, 0.15) is 52.9 Å². The molecule has 0 saturated heterocycles. The highest BCUT2D eigenvalue weighted by atomic mass is 16.6. The molecule has 1 aliphatic rings.